The first-order valence-electron chi connectivity index (χ1n) is 8.06. The molecule has 0 aliphatic rings. The summed E-state index contributed by atoms with van der Waals surface area (Å²) < 4.78 is 0. The fraction of sp³-hybridized carbons (Fsp3) is 0.316. The number of amides is 1. The molecule has 0 bridgehead atoms. The van der Waals surface area contributed by atoms with Gasteiger partial charge in [-0.25, -0.2) is 0 Å². The number of benzene rings is 1. The third-order valence-corrected chi connectivity index (χ3v) is 4.20. The predicted molar refractivity (Wildman–Crippen MR) is 93.9 cm³/mol. The molecule has 25 heavy (non-hydrogen) atoms. The zero-order valence-electron chi connectivity index (χ0n) is 14.6. The molecule has 0 spiro atoms. The molecule has 1 aromatic heterocycles. The van der Waals surface area contributed by atoms with Crippen LogP contribution in [0.3, 0.4) is 0 Å². The molecule has 6 nitrogen and oxygen atoms in total. The highest BCUT2D eigenvalue weighted by molar-refractivity contribution is 6.02. The van der Waals surface area contributed by atoms with E-state index >= 15 is 0 Å². The third kappa shape index (κ3) is 4.35. The minimum Gasteiger partial charge on any atom is -0.481 e. The van der Waals surface area contributed by atoms with Crippen molar-refractivity contribution in [2.45, 2.75) is 27.2 Å². The number of H-pyrrole nitrogens is 1. The Morgan fingerprint density at radius 3 is 2.32 bits per heavy atom. The van der Waals surface area contributed by atoms with Crippen LogP contribution in [0.4, 0.5) is 0 Å². The van der Waals surface area contributed by atoms with Crippen molar-refractivity contribution in [2.24, 2.45) is 5.92 Å². The van der Waals surface area contributed by atoms with E-state index in [0.717, 1.165) is 5.56 Å². The van der Waals surface area contributed by atoms with Crippen molar-refractivity contribution in [1.29, 1.82) is 0 Å². The SMILES string of the molecule is CC(=O)c1c(C)[nH]c(C(=O)NCC(Cc2ccccc2)C(=O)O)c1C. The molecule has 1 amide bonds. The van der Waals surface area contributed by atoms with Crippen LogP contribution in [0.15, 0.2) is 30.3 Å². The van der Waals surface area contributed by atoms with E-state index in [1.807, 2.05) is 30.3 Å². The van der Waals surface area contributed by atoms with E-state index in [9.17, 15) is 19.5 Å². The summed E-state index contributed by atoms with van der Waals surface area (Å²) in [6.07, 6.45) is 0.331. The molecule has 0 aliphatic heterocycles. The van der Waals surface area contributed by atoms with Crippen LogP contribution in [0.1, 0.15) is 44.6 Å². The van der Waals surface area contributed by atoms with Crippen LogP contribution < -0.4 is 5.32 Å². The zero-order chi connectivity index (χ0) is 18.6. The number of carboxylic acids is 1. The Labute approximate surface area is 146 Å². The first-order chi connectivity index (χ1) is 11.8. The fourth-order valence-corrected chi connectivity index (χ4v) is 2.95. The summed E-state index contributed by atoms with van der Waals surface area (Å²) in [5.41, 5.74) is 2.91. The highest BCUT2D eigenvalue weighted by Gasteiger charge is 2.23. The second kappa shape index (κ2) is 7.79. The minimum atomic E-state index is -0.965. The lowest BCUT2D eigenvalue weighted by atomic mass is 9.99. The van der Waals surface area contributed by atoms with Gasteiger partial charge >= 0.3 is 5.97 Å². The zero-order valence-corrected chi connectivity index (χ0v) is 14.6. The second-order valence-corrected chi connectivity index (χ2v) is 6.12. The van der Waals surface area contributed by atoms with Gasteiger partial charge in [0.15, 0.2) is 5.78 Å². The lowest BCUT2D eigenvalue weighted by molar-refractivity contribution is -0.141. The number of carboxylic acid groups (broad SMARTS) is 1. The van der Waals surface area contributed by atoms with Crippen molar-refractivity contribution in [3.8, 4) is 0 Å². The average Bonchev–Trinajstić information content (AvgIpc) is 2.86. The van der Waals surface area contributed by atoms with Gasteiger partial charge in [-0.05, 0) is 38.3 Å². The number of aromatic amines is 1. The third-order valence-electron chi connectivity index (χ3n) is 4.20. The van der Waals surface area contributed by atoms with Gasteiger partial charge in [-0.15, -0.1) is 0 Å². The van der Waals surface area contributed by atoms with Gasteiger partial charge < -0.3 is 15.4 Å². The number of carbonyl (C=O) groups is 3. The molecule has 2 rings (SSSR count). The molecular formula is C19H22N2O4. The van der Waals surface area contributed by atoms with Crippen LogP contribution in [0.25, 0.3) is 0 Å². The number of Topliss-reactive ketones (excluding diaryl/α,β-unsaturated/α-hetero) is 1. The van der Waals surface area contributed by atoms with Crippen LogP contribution in [-0.2, 0) is 11.2 Å². The second-order valence-electron chi connectivity index (χ2n) is 6.12. The minimum absolute atomic E-state index is 0.00989. The van der Waals surface area contributed by atoms with Crippen molar-refractivity contribution < 1.29 is 19.5 Å². The van der Waals surface area contributed by atoms with Crippen LogP contribution in [0.5, 0.6) is 0 Å². The maximum absolute atomic E-state index is 12.4. The van der Waals surface area contributed by atoms with Crippen LogP contribution in [0.2, 0.25) is 0 Å². The molecule has 1 heterocycles. The topological polar surface area (TPSA) is 99.3 Å². The number of hydrogen-bond donors (Lipinski definition) is 3. The number of aliphatic carboxylic acids is 1. The molecule has 1 unspecified atom stereocenters. The predicted octanol–water partition coefficient (Wildman–Crippen LogP) is 2.51. The maximum atomic E-state index is 12.4. The first kappa shape index (κ1) is 18.4. The van der Waals surface area contributed by atoms with Crippen molar-refractivity contribution in [3.05, 3.63) is 58.4 Å². The number of ketones is 1. The molecule has 0 saturated carbocycles. The van der Waals surface area contributed by atoms with Crippen LogP contribution >= 0.6 is 0 Å². The Bertz CT molecular complexity index is 793. The van der Waals surface area contributed by atoms with Crippen LogP contribution in [-0.4, -0.2) is 34.3 Å². The molecule has 6 heteroatoms. The highest BCUT2D eigenvalue weighted by atomic mass is 16.4. The first-order valence-corrected chi connectivity index (χ1v) is 8.06. The highest BCUT2D eigenvalue weighted by Crippen LogP contribution is 2.18. The van der Waals surface area contributed by atoms with E-state index in [-0.39, 0.29) is 12.3 Å². The lowest BCUT2D eigenvalue weighted by Gasteiger charge is -2.13. The smallest absolute Gasteiger partial charge is 0.308 e. The van der Waals surface area contributed by atoms with Gasteiger partial charge in [0.1, 0.15) is 5.69 Å². The van der Waals surface area contributed by atoms with Gasteiger partial charge in [-0.3, -0.25) is 14.4 Å². The largest absolute Gasteiger partial charge is 0.481 e. The Hall–Kier alpha value is -2.89. The Morgan fingerprint density at radius 1 is 1.16 bits per heavy atom. The molecule has 132 valence electrons. The lowest BCUT2D eigenvalue weighted by Crippen LogP contribution is -2.34. The van der Waals surface area contributed by atoms with Gasteiger partial charge in [-0.1, -0.05) is 30.3 Å². The fourth-order valence-electron chi connectivity index (χ4n) is 2.95. The molecule has 1 aromatic carbocycles. The van der Waals surface area contributed by atoms with Gasteiger partial charge in [0.25, 0.3) is 5.91 Å². The van der Waals surface area contributed by atoms with Gasteiger partial charge in [0.2, 0.25) is 0 Å². The van der Waals surface area contributed by atoms with Crippen molar-refractivity contribution in [1.82, 2.24) is 10.3 Å². The number of aromatic nitrogens is 1. The number of hydrogen-bond acceptors (Lipinski definition) is 3. The number of aryl methyl sites for hydroxylation is 1. The number of nitrogens with one attached hydrogen (secondary N) is 2. The number of carbonyl (C=O) groups excluding carboxylic acids is 2. The summed E-state index contributed by atoms with van der Waals surface area (Å²) in [7, 11) is 0. The Morgan fingerprint density at radius 2 is 1.80 bits per heavy atom. The normalized spacial score (nSPS) is 11.8. The monoisotopic (exact) mass is 342 g/mol. The summed E-state index contributed by atoms with van der Waals surface area (Å²) in [4.78, 5) is 38.4. The summed E-state index contributed by atoms with van der Waals surface area (Å²) in [6, 6.07) is 9.27. The Balaban J connectivity index is 2.08. The van der Waals surface area contributed by atoms with Crippen LogP contribution in [0, 0.1) is 19.8 Å². The molecule has 0 radical (unpaired) electrons. The van der Waals surface area contributed by atoms with Gasteiger partial charge in [0, 0.05) is 17.8 Å². The maximum Gasteiger partial charge on any atom is 0.308 e. The summed E-state index contributed by atoms with van der Waals surface area (Å²) in [5.74, 6) is -2.21. The summed E-state index contributed by atoms with van der Waals surface area (Å²) in [5, 5.41) is 12.0. The quantitative estimate of drug-likeness (QED) is 0.673. The standard InChI is InChI=1S/C19H22N2O4/c1-11-16(13(3)22)12(2)21-17(11)18(23)20-10-15(19(24)25)9-14-7-5-4-6-8-14/h4-8,15,21H,9-10H2,1-3H3,(H,20,23)(H,24,25). The molecule has 2 aromatic rings. The molecule has 3 N–H and O–H groups in total. The van der Waals surface area contributed by atoms with Gasteiger partial charge in [0.05, 0.1) is 5.92 Å². The van der Waals surface area contributed by atoms with E-state index in [1.54, 1.807) is 13.8 Å². The Kier molecular flexibility index (Phi) is 5.75. The van der Waals surface area contributed by atoms with E-state index < -0.39 is 17.8 Å². The molecule has 0 fully saturated rings. The molecule has 1 atom stereocenters. The molecule has 0 saturated heterocycles. The molecule has 0 aliphatic carbocycles. The summed E-state index contributed by atoms with van der Waals surface area (Å²) in [6.45, 7) is 4.89. The average molecular weight is 342 g/mol. The van der Waals surface area contributed by atoms with E-state index in [4.69, 9.17) is 0 Å². The van der Waals surface area contributed by atoms with Crippen molar-refractivity contribution in [2.75, 3.05) is 6.54 Å². The number of rotatable bonds is 7. The van der Waals surface area contributed by atoms with E-state index in [0.29, 0.717) is 28.9 Å². The van der Waals surface area contributed by atoms with Crippen molar-refractivity contribution in [3.63, 3.8) is 0 Å². The van der Waals surface area contributed by atoms with Crippen molar-refractivity contribution >= 4 is 17.7 Å². The summed E-state index contributed by atoms with van der Waals surface area (Å²) >= 11 is 0. The van der Waals surface area contributed by atoms with E-state index in [2.05, 4.69) is 10.3 Å². The molecular weight excluding hydrogens is 320 g/mol. The van der Waals surface area contributed by atoms with E-state index in [1.165, 1.54) is 6.92 Å². The van der Waals surface area contributed by atoms with Gasteiger partial charge in [-0.2, -0.15) is 0 Å².